The average molecular weight is 430 g/mol. The first kappa shape index (κ1) is 22.7. The van der Waals surface area contributed by atoms with Crippen molar-refractivity contribution in [3.05, 3.63) is 47.5 Å². The van der Waals surface area contributed by atoms with E-state index in [-0.39, 0.29) is 24.5 Å². The molecular formula is C24H31NO6. The number of likely N-dealkylation sites (tertiary alicyclic amines) is 1. The van der Waals surface area contributed by atoms with Crippen molar-refractivity contribution in [2.45, 2.75) is 25.3 Å². The lowest BCUT2D eigenvalue weighted by molar-refractivity contribution is -0.133. The minimum Gasteiger partial charge on any atom is -0.497 e. The Labute approximate surface area is 183 Å². The molecule has 0 aromatic heterocycles. The van der Waals surface area contributed by atoms with Crippen molar-refractivity contribution in [3.63, 3.8) is 0 Å². The molecule has 2 atom stereocenters. The Kier molecular flexibility index (Phi) is 7.63. The lowest BCUT2D eigenvalue weighted by Gasteiger charge is -2.29. The highest BCUT2D eigenvalue weighted by molar-refractivity contribution is 5.81. The van der Waals surface area contributed by atoms with E-state index >= 15 is 0 Å². The van der Waals surface area contributed by atoms with Crippen LogP contribution in [-0.4, -0.2) is 57.5 Å². The molecule has 0 radical (unpaired) electrons. The minimum absolute atomic E-state index is 0.0182. The van der Waals surface area contributed by atoms with Gasteiger partial charge in [-0.15, -0.1) is 0 Å². The summed E-state index contributed by atoms with van der Waals surface area (Å²) in [6.45, 7) is 0.676. The van der Waals surface area contributed by atoms with Crippen LogP contribution < -0.4 is 18.9 Å². The number of aliphatic hydroxyl groups excluding tert-OH is 1. The Balaban J connectivity index is 1.98. The zero-order chi connectivity index (χ0) is 22.4. The van der Waals surface area contributed by atoms with Gasteiger partial charge >= 0.3 is 0 Å². The number of nitrogens with zero attached hydrogens (tertiary/aromatic N) is 1. The molecule has 0 bridgehead atoms. The maximum absolute atomic E-state index is 13.1. The van der Waals surface area contributed by atoms with Crippen LogP contribution in [0.2, 0.25) is 0 Å². The van der Waals surface area contributed by atoms with E-state index in [0.29, 0.717) is 36.6 Å². The first-order valence-electron chi connectivity index (χ1n) is 10.4. The molecule has 2 unspecified atom stereocenters. The van der Waals surface area contributed by atoms with Crippen molar-refractivity contribution in [3.8, 4) is 23.0 Å². The van der Waals surface area contributed by atoms with Gasteiger partial charge in [0.15, 0.2) is 11.5 Å². The van der Waals surface area contributed by atoms with Crippen molar-refractivity contribution in [2.75, 3.05) is 41.6 Å². The number of carbonyl (C=O) groups is 1. The number of rotatable bonds is 10. The fraction of sp³-hybridized carbons (Fsp3) is 0.458. The maximum atomic E-state index is 13.1. The Morgan fingerprint density at radius 2 is 1.65 bits per heavy atom. The van der Waals surface area contributed by atoms with Gasteiger partial charge in [-0.2, -0.15) is 0 Å². The number of hydrogen-bond acceptors (Lipinski definition) is 6. The third-order valence-corrected chi connectivity index (χ3v) is 5.86. The van der Waals surface area contributed by atoms with Crippen molar-refractivity contribution in [2.24, 2.45) is 5.92 Å². The van der Waals surface area contributed by atoms with Crippen LogP contribution in [0.4, 0.5) is 0 Å². The van der Waals surface area contributed by atoms with E-state index in [1.54, 1.807) is 28.4 Å². The number of hydrogen-bond donors (Lipinski definition) is 1. The second kappa shape index (κ2) is 10.4. The molecule has 3 rings (SSSR count). The normalized spacial score (nSPS) is 16.9. The minimum atomic E-state index is -0.162. The fourth-order valence-electron chi connectivity index (χ4n) is 4.21. The Hall–Kier alpha value is -2.93. The van der Waals surface area contributed by atoms with Gasteiger partial charge in [-0.05, 0) is 54.7 Å². The van der Waals surface area contributed by atoms with E-state index in [0.717, 1.165) is 23.3 Å². The molecule has 1 saturated heterocycles. The quantitative estimate of drug-likeness (QED) is 0.625. The van der Waals surface area contributed by atoms with E-state index < -0.39 is 0 Å². The number of methoxy groups -OCH3 is 4. The van der Waals surface area contributed by atoms with Crippen LogP contribution in [-0.2, 0) is 11.2 Å². The van der Waals surface area contributed by atoms with E-state index in [1.165, 1.54) is 0 Å². The van der Waals surface area contributed by atoms with E-state index in [4.69, 9.17) is 18.9 Å². The highest BCUT2D eigenvalue weighted by atomic mass is 16.5. The summed E-state index contributed by atoms with van der Waals surface area (Å²) >= 11 is 0. The van der Waals surface area contributed by atoms with E-state index in [2.05, 4.69) is 0 Å². The fourth-order valence-corrected chi connectivity index (χ4v) is 4.21. The summed E-state index contributed by atoms with van der Waals surface area (Å²) in [6, 6.07) is 11.5. The van der Waals surface area contributed by atoms with Crippen LogP contribution in [0.5, 0.6) is 23.0 Å². The van der Waals surface area contributed by atoms with Gasteiger partial charge < -0.3 is 29.0 Å². The highest BCUT2D eigenvalue weighted by Gasteiger charge is 2.36. The molecule has 1 amide bonds. The lowest BCUT2D eigenvalue weighted by Crippen LogP contribution is -2.33. The summed E-state index contributed by atoms with van der Waals surface area (Å²) in [6.07, 6.45) is 1.83. The summed E-state index contributed by atoms with van der Waals surface area (Å²) in [5.41, 5.74) is 1.99. The van der Waals surface area contributed by atoms with Crippen molar-refractivity contribution in [1.82, 2.24) is 4.90 Å². The molecule has 1 aliphatic heterocycles. The molecule has 0 spiro atoms. The third-order valence-electron chi connectivity index (χ3n) is 5.86. The molecular weight excluding hydrogens is 398 g/mol. The first-order chi connectivity index (χ1) is 15.1. The van der Waals surface area contributed by atoms with E-state index in [1.807, 2.05) is 41.3 Å². The van der Waals surface area contributed by atoms with Crippen LogP contribution in [0.25, 0.3) is 0 Å². The monoisotopic (exact) mass is 429 g/mol. The Morgan fingerprint density at radius 1 is 1.00 bits per heavy atom. The number of benzene rings is 2. The predicted molar refractivity (Wildman–Crippen MR) is 117 cm³/mol. The van der Waals surface area contributed by atoms with Crippen LogP contribution in [0.1, 0.15) is 30.0 Å². The molecule has 0 saturated carbocycles. The van der Waals surface area contributed by atoms with Crippen LogP contribution in [0, 0.1) is 5.92 Å². The van der Waals surface area contributed by atoms with Crippen LogP contribution >= 0.6 is 0 Å². The number of aliphatic hydroxyl groups is 1. The van der Waals surface area contributed by atoms with Gasteiger partial charge in [0.25, 0.3) is 0 Å². The molecule has 1 heterocycles. The Morgan fingerprint density at radius 3 is 2.16 bits per heavy atom. The van der Waals surface area contributed by atoms with Gasteiger partial charge in [-0.3, -0.25) is 4.79 Å². The molecule has 7 nitrogen and oxygen atoms in total. The molecule has 31 heavy (non-hydrogen) atoms. The number of carbonyl (C=O) groups excluding carboxylic acids is 1. The second-order valence-corrected chi connectivity index (χ2v) is 7.56. The predicted octanol–water partition coefficient (Wildman–Crippen LogP) is 3.24. The second-order valence-electron chi connectivity index (χ2n) is 7.56. The molecule has 168 valence electrons. The summed E-state index contributed by atoms with van der Waals surface area (Å²) in [7, 11) is 6.38. The summed E-state index contributed by atoms with van der Waals surface area (Å²) in [5, 5.41) is 9.32. The number of amides is 1. The van der Waals surface area contributed by atoms with Crippen LogP contribution in [0.15, 0.2) is 36.4 Å². The molecule has 7 heteroatoms. The van der Waals surface area contributed by atoms with Gasteiger partial charge in [0.2, 0.25) is 11.7 Å². The average Bonchev–Trinajstić information content (AvgIpc) is 3.16. The summed E-state index contributed by atoms with van der Waals surface area (Å²) in [4.78, 5) is 15.0. The SMILES string of the molecule is COc1ccc(C(Cc2cc(OC)c(OC)c(OC)c2)N2CCC(CCO)C2=O)cc1. The summed E-state index contributed by atoms with van der Waals surface area (Å²) < 4.78 is 21.7. The van der Waals surface area contributed by atoms with Crippen molar-refractivity contribution >= 4 is 5.91 Å². The topological polar surface area (TPSA) is 77.5 Å². The molecule has 2 aromatic rings. The molecule has 0 aliphatic carbocycles. The molecule has 2 aromatic carbocycles. The Bertz CT molecular complexity index is 857. The van der Waals surface area contributed by atoms with Crippen molar-refractivity contribution in [1.29, 1.82) is 0 Å². The largest absolute Gasteiger partial charge is 0.497 e. The molecule has 1 aliphatic rings. The van der Waals surface area contributed by atoms with Gasteiger partial charge in [-0.25, -0.2) is 0 Å². The maximum Gasteiger partial charge on any atom is 0.226 e. The smallest absolute Gasteiger partial charge is 0.226 e. The van der Waals surface area contributed by atoms with Gasteiger partial charge in [0.1, 0.15) is 5.75 Å². The molecule has 1 N–H and O–H groups in total. The zero-order valence-corrected chi connectivity index (χ0v) is 18.6. The van der Waals surface area contributed by atoms with Crippen LogP contribution in [0.3, 0.4) is 0 Å². The van der Waals surface area contributed by atoms with E-state index in [9.17, 15) is 9.90 Å². The van der Waals surface area contributed by atoms with Gasteiger partial charge in [0.05, 0.1) is 34.5 Å². The standard InChI is InChI=1S/C24H31NO6/c1-28-19-7-5-17(6-8-19)20(25-11-9-18(10-12-26)24(25)27)13-16-14-21(29-2)23(31-4)22(15-16)30-3/h5-8,14-15,18,20,26H,9-13H2,1-4H3. The van der Waals surface area contributed by atoms with Gasteiger partial charge in [-0.1, -0.05) is 12.1 Å². The first-order valence-corrected chi connectivity index (χ1v) is 10.4. The third kappa shape index (κ3) is 4.88. The zero-order valence-electron chi connectivity index (χ0n) is 18.6. The van der Waals surface area contributed by atoms with Gasteiger partial charge in [0, 0.05) is 19.1 Å². The molecule has 1 fully saturated rings. The van der Waals surface area contributed by atoms with Crippen molar-refractivity contribution < 1.29 is 28.8 Å². The summed E-state index contributed by atoms with van der Waals surface area (Å²) in [5.74, 6) is 2.41. The number of ether oxygens (including phenoxy) is 4. The lowest BCUT2D eigenvalue weighted by atomic mass is 9.96. The highest BCUT2D eigenvalue weighted by Crippen LogP contribution is 2.40.